The smallest absolute Gasteiger partial charge is 0.284 e. The van der Waals surface area contributed by atoms with E-state index in [0.717, 1.165) is 49.7 Å². The molecule has 0 aliphatic carbocycles. The van der Waals surface area contributed by atoms with Gasteiger partial charge in [0.15, 0.2) is 11.5 Å². The molecule has 1 fully saturated rings. The van der Waals surface area contributed by atoms with Crippen molar-refractivity contribution in [3.8, 4) is 17.2 Å². The summed E-state index contributed by atoms with van der Waals surface area (Å²) >= 11 is 0. The first-order chi connectivity index (χ1) is 15.1. The fraction of sp³-hybridized carbons (Fsp3) is 0.391. The summed E-state index contributed by atoms with van der Waals surface area (Å²) in [6, 6.07) is 13.2. The van der Waals surface area contributed by atoms with Crippen LogP contribution in [0, 0.1) is 0 Å². The number of para-hydroxylation sites is 2. The Labute approximate surface area is 181 Å². The van der Waals surface area contributed by atoms with E-state index < -0.39 is 6.10 Å². The number of ether oxygens (including phenoxy) is 4. The third-order valence-electron chi connectivity index (χ3n) is 5.47. The number of hydrazone groups is 1. The summed E-state index contributed by atoms with van der Waals surface area (Å²) in [5.74, 6) is 1.70. The standard InChI is InChI=1S/C23H27N3O5/c1-16(24-25-23(27)22-15-30-20-5-3-4-6-21(20)31-22)17-7-8-19(28-2)18(13-17)14-26-9-11-29-12-10-26/h3-8,13,22H,9-12,14-15H2,1-2H3,(H,25,27)/p+1/b24-16-/t22-/m1/s1. The molecule has 2 aromatic carbocycles. The Morgan fingerprint density at radius 1 is 1.19 bits per heavy atom. The number of carbonyl (C=O) groups excluding carboxylic acids is 1. The van der Waals surface area contributed by atoms with E-state index in [2.05, 4.69) is 16.6 Å². The number of hydrogen-bond acceptors (Lipinski definition) is 6. The van der Waals surface area contributed by atoms with Crippen LogP contribution in [0.5, 0.6) is 17.2 Å². The molecule has 1 atom stereocenters. The molecule has 1 amide bonds. The van der Waals surface area contributed by atoms with Gasteiger partial charge >= 0.3 is 0 Å². The number of benzene rings is 2. The van der Waals surface area contributed by atoms with Crippen LogP contribution in [-0.4, -0.2) is 57.7 Å². The van der Waals surface area contributed by atoms with Gasteiger partial charge < -0.3 is 23.8 Å². The number of fused-ring (bicyclic) bond motifs is 1. The van der Waals surface area contributed by atoms with E-state index in [1.165, 1.54) is 4.90 Å². The lowest BCUT2D eigenvalue weighted by Gasteiger charge is -2.25. The zero-order valence-electron chi connectivity index (χ0n) is 17.8. The van der Waals surface area contributed by atoms with Crippen molar-refractivity contribution >= 4 is 11.6 Å². The highest BCUT2D eigenvalue weighted by molar-refractivity contribution is 5.99. The molecule has 2 N–H and O–H groups in total. The van der Waals surface area contributed by atoms with Crippen LogP contribution in [-0.2, 0) is 16.1 Å². The van der Waals surface area contributed by atoms with E-state index in [0.29, 0.717) is 17.2 Å². The molecule has 2 aliphatic heterocycles. The molecule has 2 aromatic rings. The summed E-state index contributed by atoms with van der Waals surface area (Å²) in [7, 11) is 1.68. The van der Waals surface area contributed by atoms with E-state index in [9.17, 15) is 4.79 Å². The van der Waals surface area contributed by atoms with Gasteiger partial charge in [-0.1, -0.05) is 12.1 Å². The van der Waals surface area contributed by atoms with Crippen LogP contribution in [0.25, 0.3) is 0 Å². The molecule has 0 radical (unpaired) electrons. The minimum Gasteiger partial charge on any atom is -0.496 e. The van der Waals surface area contributed by atoms with Crippen molar-refractivity contribution in [1.29, 1.82) is 0 Å². The van der Waals surface area contributed by atoms with Gasteiger partial charge in [0, 0.05) is 5.56 Å². The maximum Gasteiger partial charge on any atom is 0.284 e. The first-order valence-electron chi connectivity index (χ1n) is 10.5. The van der Waals surface area contributed by atoms with Gasteiger partial charge in [-0.2, -0.15) is 5.10 Å². The zero-order valence-corrected chi connectivity index (χ0v) is 17.8. The van der Waals surface area contributed by atoms with Gasteiger partial charge in [-0.25, -0.2) is 5.43 Å². The minimum atomic E-state index is -0.747. The molecular weight excluding hydrogens is 398 g/mol. The van der Waals surface area contributed by atoms with Crippen LogP contribution in [0.2, 0.25) is 0 Å². The van der Waals surface area contributed by atoms with Crippen LogP contribution < -0.4 is 24.5 Å². The summed E-state index contributed by atoms with van der Waals surface area (Å²) in [5, 5.41) is 4.28. The maximum atomic E-state index is 12.5. The topological polar surface area (TPSA) is 82.8 Å². The van der Waals surface area contributed by atoms with Crippen molar-refractivity contribution in [3.63, 3.8) is 0 Å². The minimum absolute atomic E-state index is 0.145. The maximum absolute atomic E-state index is 12.5. The van der Waals surface area contributed by atoms with Crippen LogP contribution >= 0.6 is 0 Å². The predicted octanol–water partition coefficient (Wildman–Crippen LogP) is 0.791. The second-order valence-corrected chi connectivity index (χ2v) is 7.60. The molecule has 4 rings (SSSR count). The average Bonchev–Trinajstić information content (AvgIpc) is 2.82. The Hall–Kier alpha value is -3.10. The molecule has 164 valence electrons. The fourth-order valence-electron chi connectivity index (χ4n) is 3.67. The second-order valence-electron chi connectivity index (χ2n) is 7.60. The van der Waals surface area contributed by atoms with Crippen molar-refractivity contribution in [3.05, 3.63) is 53.6 Å². The van der Waals surface area contributed by atoms with E-state index in [1.807, 2.05) is 37.3 Å². The van der Waals surface area contributed by atoms with E-state index in [4.69, 9.17) is 18.9 Å². The first kappa shape index (κ1) is 21.1. The molecule has 0 bridgehead atoms. The van der Waals surface area contributed by atoms with Crippen molar-refractivity contribution in [2.75, 3.05) is 40.0 Å². The number of hydrogen-bond donors (Lipinski definition) is 2. The Morgan fingerprint density at radius 3 is 2.74 bits per heavy atom. The zero-order chi connectivity index (χ0) is 21.6. The average molecular weight is 426 g/mol. The lowest BCUT2D eigenvalue weighted by Crippen LogP contribution is -3.12. The number of quaternary nitrogens is 1. The number of nitrogens with one attached hydrogen (secondary N) is 2. The molecular formula is C23H28N3O5+. The Morgan fingerprint density at radius 2 is 1.97 bits per heavy atom. The summed E-state index contributed by atoms with van der Waals surface area (Å²) in [6.07, 6.45) is -0.747. The summed E-state index contributed by atoms with van der Waals surface area (Å²) < 4.78 is 22.3. The van der Waals surface area contributed by atoms with Gasteiger partial charge in [0.25, 0.3) is 5.91 Å². The molecule has 2 aliphatic rings. The first-order valence-corrected chi connectivity index (χ1v) is 10.5. The van der Waals surface area contributed by atoms with Gasteiger partial charge in [-0.15, -0.1) is 0 Å². The van der Waals surface area contributed by atoms with Crippen molar-refractivity contribution < 1.29 is 28.6 Å². The number of rotatable bonds is 6. The summed E-state index contributed by atoms with van der Waals surface area (Å²) in [4.78, 5) is 14.0. The van der Waals surface area contributed by atoms with Crippen LogP contribution in [0.4, 0.5) is 0 Å². The van der Waals surface area contributed by atoms with Gasteiger partial charge in [0.1, 0.15) is 32.0 Å². The van der Waals surface area contributed by atoms with Crippen molar-refractivity contribution in [1.82, 2.24) is 5.43 Å². The molecule has 8 heteroatoms. The third-order valence-corrected chi connectivity index (χ3v) is 5.47. The third kappa shape index (κ3) is 5.15. The molecule has 8 nitrogen and oxygen atoms in total. The molecule has 0 unspecified atom stereocenters. The molecule has 0 aromatic heterocycles. The predicted molar refractivity (Wildman–Crippen MR) is 115 cm³/mol. The van der Waals surface area contributed by atoms with Crippen molar-refractivity contribution in [2.24, 2.45) is 5.10 Å². The monoisotopic (exact) mass is 426 g/mol. The Balaban J connectivity index is 1.41. The van der Waals surface area contributed by atoms with E-state index >= 15 is 0 Å². The highest BCUT2D eigenvalue weighted by atomic mass is 16.6. The van der Waals surface area contributed by atoms with Gasteiger partial charge in [-0.05, 0) is 42.8 Å². The lowest BCUT2D eigenvalue weighted by molar-refractivity contribution is -0.921. The normalized spacial score (nSPS) is 19.0. The molecule has 31 heavy (non-hydrogen) atoms. The van der Waals surface area contributed by atoms with Gasteiger partial charge in [0.05, 0.1) is 26.0 Å². The van der Waals surface area contributed by atoms with Crippen LogP contribution in [0.15, 0.2) is 47.6 Å². The highest BCUT2D eigenvalue weighted by Gasteiger charge is 2.27. The second kappa shape index (κ2) is 9.80. The SMILES string of the molecule is COc1ccc(/C(C)=N\NC(=O)[C@H]2COc3ccccc3O2)cc1C[NH+]1CCOCC1. The highest BCUT2D eigenvalue weighted by Crippen LogP contribution is 2.30. The van der Waals surface area contributed by atoms with Gasteiger partial charge in [-0.3, -0.25) is 4.79 Å². The van der Waals surface area contributed by atoms with Crippen molar-refractivity contribution in [2.45, 2.75) is 19.6 Å². The number of methoxy groups -OCH3 is 1. The van der Waals surface area contributed by atoms with E-state index in [1.54, 1.807) is 13.2 Å². The fourth-order valence-corrected chi connectivity index (χ4v) is 3.67. The molecule has 2 heterocycles. The van der Waals surface area contributed by atoms with Crippen LogP contribution in [0.3, 0.4) is 0 Å². The Bertz CT molecular complexity index is 956. The summed E-state index contributed by atoms with van der Waals surface area (Å²) in [5.41, 5.74) is 5.34. The lowest BCUT2D eigenvalue weighted by atomic mass is 10.1. The van der Waals surface area contributed by atoms with Gasteiger partial charge in [0.2, 0.25) is 6.10 Å². The molecule has 0 spiro atoms. The summed E-state index contributed by atoms with van der Waals surface area (Å²) in [6.45, 7) is 6.37. The molecule has 0 saturated carbocycles. The number of morpholine rings is 1. The number of amides is 1. The van der Waals surface area contributed by atoms with Crippen LogP contribution in [0.1, 0.15) is 18.1 Å². The number of carbonyl (C=O) groups is 1. The largest absolute Gasteiger partial charge is 0.496 e. The number of nitrogens with zero attached hydrogens (tertiary/aromatic N) is 1. The van der Waals surface area contributed by atoms with E-state index in [-0.39, 0.29) is 12.5 Å². The quantitative estimate of drug-likeness (QED) is 0.527. The Kier molecular flexibility index (Phi) is 6.69. The molecule has 1 saturated heterocycles.